The van der Waals surface area contributed by atoms with E-state index < -0.39 is 21.4 Å². The first kappa shape index (κ1) is 25.4. The van der Waals surface area contributed by atoms with Gasteiger partial charge in [0.25, 0.3) is 0 Å². The topological polar surface area (TPSA) is 110 Å². The van der Waals surface area contributed by atoms with Crippen molar-refractivity contribution in [3.8, 4) is 5.75 Å². The summed E-state index contributed by atoms with van der Waals surface area (Å²) in [5.41, 5.74) is -4.78. The number of hydrogen-bond acceptors (Lipinski definition) is 8. The number of aromatic nitrogens is 2. The Kier molecular flexibility index (Phi) is 8.05. The predicted octanol–water partition coefficient (Wildman–Crippen LogP) is 4.73. The second kappa shape index (κ2) is 10.2. The van der Waals surface area contributed by atoms with Crippen LogP contribution >= 0.6 is 0 Å². The fourth-order valence-corrected chi connectivity index (χ4v) is 3.38. The third-order valence-electron chi connectivity index (χ3n) is 4.73. The minimum atomic E-state index is -5.93. The number of carbonyl (C=O) groups is 1. The zero-order valence-corrected chi connectivity index (χ0v) is 18.9. The molecule has 0 fully saturated rings. The molecule has 2 rings (SSSR count). The molecule has 2 aromatic rings. The van der Waals surface area contributed by atoms with Crippen LogP contribution in [0.2, 0.25) is 0 Å². The van der Waals surface area contributed by atoms with Gasteiger partial charge in [-0.1, -0.05) is 20.8 Å². The van der Waals surface area contributed by atoms with Gasteiger partial charge < -0.3 is 14.8 Å². The Morgan fingerprint density at radius 2 is 1.84 bits per heavy atom. The summed E-state index contributed by atoms with van der Waals surface area (Å²) in [6.45, 7) is 7.53. The van der Waals surface area contributed by atoms with E-state index >= 15 is 0 Å². The molecule has 176 valence electrons. The van der Waals surface area contributed by atoms with E-state index in [9.17, 15) is 26.4 Å². The molecule has 0 aliphatic carbocycles. The molecule has 0 saturated heterocycles. The number of alkyl halides is 3. The molecule has 0 aliphatic rings. The summed E-state index contributed by atoms with van der Waals surface area (Å²) in [7, 11) is -5.93. The standard InChI is InChI=1S/C20H25F3N4O4S/c1-5-13-8-16(9-14(11-28)17(13)31-32(29,30)20(21,22)23)26-19-24-10-12(4)18(27-19)25-15(6-2)7-3/h8-11,15H,5-7H2,1-4H3,(H2,24,25,26,27). The zero-order chi connectivity index (χ0) is 24.1. The van der Waals surface area contributed by atoms with Crippen molar-refractivity contribution >= 4 is 33.9 Å². The molecule has 0 bridgehead atoms. The van der Waals surface area contributed by atoms with Gasteiger partial charge in [-0.3, -0.25) is 4.79 Å². The average Bonchev–Trinajstić information content (AvgIpc) is 2.73. The van der Waals surface area contributed by atoms with Crippen molar-refractivity contribution in [2.24, 2.45) is 0 Å². The summed E-state index contributed by atoms with van der Waals surface area (Å²) < 4.78 is 65.3. The van der Waals surface area contributed by atoms with Gasteiger partial charge >= 0.3 is 15.6 Å². The number of carbonyl (C=O) groups excluding carboxylic acids is 1. The minimum Gasteiger partial charge on any atom is -0.375 e. The Labute approximate surface area is 184 Å². The molecule has 1 aromatic carbocycles. The van der Waals surface area contributed by atoms with Crippen LogP contribution in [0.4, 0.5) is 30.6 Å². The molecule has 1 heterocycles. The SMILES string of the molecule is CCc1cc(Nc2ncc(C)c(NC(CC)CC)n2)cc(C=O)c1OS(=O)(=O)C(F)(F)F. The van der Waals surface area contributed by atoms with Crippen LogP contribution in [0.5, 0.6) is 5.75 Å². The number of benzene rings is 1. The van der Waals surface area contributed by atoms with Crippen molar-refractivity contribution in [2.45, 2.75) is 58.5 Å². The van der Waals surface area contributed by atoms with Gasteiger partial charge in [0.1, 0.15) is 5.82 Å². The van der Waals surface area contributed by atoms with Crippen LogP contribution < -0.4 is 14.8 Å². The molecule has 12 heteroatoms. The third-order valence-corrected chi connectivity index (χ3v) is 5.69. The summed E-state index contributed by atoms with van der Waals surface area (Å²) in [5.74, 6) is 0.157. The lowest BCUT2D eigenvalue weighted by molar-refractivity contribution is -0.0500. The van der Waals surface area contributed by atoms with Gasteiger partial charge in [0.2, 0.25) is 5.95 Å². The lowest BCUT2D eigenvalue weighted by atomic mass is 10.1. The molecule has 0 atom stereocenters. The number of halogens is 3. The van der Waals surface area contributed by atoms with E-state index in [1.165, 1.54) is 12.1 Å². The summed E-state index contributed by atoms with van der Waals surface area (Å²) in [6.07, 6.45) is 3.73. The molecule has 0 saturated carbocycles. The van der Waals surface area contributed by atoms with Gasteiger partial charge in [0, 0.05) is 23.5 Å². The first-order chi connectivity index (χ1) is 14.9. The van der Waals surface area contributed by atoms with Crippen LogP contribution in [-0.2, 0) is 16.5 Å². The smallest absolute Gasteiger partial charge is 0.375 e. The number of anilines is 3. The fourth-order valence-electron chi connectivity index (χ4n) is 2.86. The molecule has 0 aliphatic heterocycles. The van der Waals surface area contributed by atoms with Crippen LogP contribution in [-0.4, -0.2) is 36.2 Å². The molecule has 0 radical (unpaired) electrons. The number of rotatable bonds is 10. The number of aldehydes is 1. The van der Waals surface area contributed by atoms with Gasteiger partial charge in [-0.2, -0.15) is 26.6 Å². The second-order valence-electron chi connectivity index (χ2n) is 7.02. The maximum Gasteiger partial charge on any atom is 0.534 e. The van der Waals surface area contributed by atoms with Crippen LogP contribution in [0.15, 0.2) is 18.3 Å². The average molecular weight is 475 g/mol. The second-order valence-corrected chi connectivity index (χ2v) is 8.55. The highest BCUT2D eigenvalue weighted by Gasteiger charge is 2.49. The Balaban J connectivity index is 2.41. The highest BCUT2D eigenvalue weighted by atomic mass is 32.2. The highest BCUT2D eigenvalue weighted by molar-refractivity contribution is 7.88. The number of nitrogens with one attached hydrogen (secondary N) is 2. The van der Waals surface area contributed by atoms with Crippen LogP contribution in [0.25, 0.3) is 0 Å². The molecule has 0 spiro atoms. The lowest BCUT2D eigenvalue weighted by Gasteiger charge is -2.18. The molecular weight excluding hydrogens is 449 g/mol. The van der Waals surface area contributed by atoms with Crippen molar-refractivity contribution in [1.82, 2.24) is 9.97 Å². The van der Waals surface area contributed by atoms with E-state index in [2.05, 4.69) is 24.8 Å². The van der Waals surface area contributed by atoms with Crippen molar-refractivity contribution < 1.29 is 30.6 Å². The fraction of sp³-hybridized carbons (Fsp3) is 0.450. The molecule has 0 amide bonds. The largest absolute Gasteiger partial charge is 0.534 e. The van der Waals surface area contributed by atoms with Crippen molar-refractivity contribution in [2.75, 3.05) is 10.6 Å². The first-order valence-electron chi connectivity index (χ1n) is 9.95. The molecular formula is C20H25F3N4O4S. The normalized spacial score (nSPS) is 12.0. The van der Waals surface area contributed by atoms with E-state index in [0.717, 1.165) is 18.4 Å². The predicted molar refractivity (Wildman–Crippen MR) is 115 cm³/mol. The molecule has 32 heavy (non-hydrogen) atoms. The van der Waals surface area contributed by atoms with E-state index in [1.54, 1.807) is 13.1 Å². The monoisotopic (exact) mass is 474 g/mol. The van der Waals surface area contributed by atoms with E-state index in [1.807, 2.05) is 20.8 Å². The van der Waals surface area contributed by atoms with E-state index in [4.69, 9.17) is 0 Å². The van der Waals surface area contributed by atoms with Crippen LogP contribution in [0.3, 0.4) is 0 Å². The van der Waals surface area contributed by atoms with Crippen LogP contribution in [0, 0.1) is 6.92 Å². The van der Waals surface area contributed by atoms with E-state index in [0.29, 0.717) is 5.82 Å². The third kappa shape index (κ3) is 5.87. The summed E-state index contributed by atoms with van der Waals surface area (Å²) in [5, 5.41) is 6.23. The van der Waals surface area contributed by atoms with Crippen LogP contribution in [0.1, 0.15) is 55.1 Å². The maximum atomic E-state index is 12.7. The molecule has 8 nitrogen and oxygen atoms in total. The van der Waals surface area contributed by atoms with Gasteiger partial charge in [-0.05, 0) is 43.9 Å². The lowest BCUT2D eigenvalue weighted by Crippen LogP contribution is -2.28. The Morgan fingerprint density at radius 1 is 1.19 bits per heavy atom. The molecule has 1 aromatic heterocycles. The number of nitrogens with zero attached hydrogens (tertiary/aromatic N) is 2. The van der Waals surface area contributed by atoms with Gasteiger partial charge in [0.15, 0.2) is 12.0 Å². The van der Waals surface area contributed by atoms with E-state index in [-0.39, 0.29) is 41.5 Å². The van der Waals surface area contributed by atoms with Crippen molar-refractivity contribution in [1.29, 1.82) is 0 Å². The Bertz CT molecular complexity index is 1070. The van der Waals surface area contributed by atoms with Crippen molar-refractivity contribution in [3.05, 3.63) is 35.0 Å². The Hall–Kier alpha value is -2.89. The minimum absolute atomic E-state index is 0.0902. The van der Waals surface area contributed by atoms with Crippen molar-refractivity contribution in [3.63, 3.8) is 0 Å². The number of hydrogen-bond donors (Lipinski definition) is 2. The van der Waals surface area contributed by atoms with Gasteiger partial charge in [0.05, 0.1) is 5.56 Å². The first-order valence-corrected chi connectivity index (χ1v) is 11.4. The van der Waals surface area contributed by atoms with Gasteiger partial charge in [-0.25, -0.2) is 4.98 Å². The molecule has 2 N–H and O–H groups in total. The highest BCUT2D eigenvalue weighted by Crippen LogP contribution is 2.34. The quantitative estimate of drug-likeness (QED) is 0.289. The summed E-state index contributed by atoms with van der Waals surface area (Å²) >= 11 is 0. The summed E-state index contributed by atoms with van der Waals surface area (Å²) in [4.78, 5) is 20.1. The maximum absolute atomic E-state index is 12.7. The van der Waals surface area contributed by atoms with Gasteiger partial charge in [-0.15, -0.1) is 0 Å². The Morgan fingerprint density at radius 3 is 2.38 bits per heavy atom. The zero-order valence-electron chi connectivity index (χ0n) is 18.1. The number of aryl methyl sites for hydroxylation is 2. The summed E-state index contributed by atoms with van der Waals surface area (Å²) in [6, 6.07) is 2.77. The molecule has 0 unspecified atom stereocenters.